The van der Waals surface area contributed by atoms with Gasteiger partial charge in [-0.3, -0.25) is 4.79 Å². The summed E-state index contributed by atoms with van der Waals surface area (Å²) >= 11 is 0. The zero-order chi connectivity index (χ0) is 9.42. The normalized spacial score (nSPS) is 28.9. The number of hydrogen-bond acceptors (Lipinski definition) is 2. The van der Waals surface area contributed by atoms with Gasteiger partial charge in [0, 0.05) is 19.5 Å². The molecule has 70 valence electrons. The number of carbonyl (C=O) groups is 1. The Labute approximate surface area is 78.3 Å². The van der Waals surface area contributed by atoms with Crippen molar-refractivity contribution in [2.75, 3.05) is 6.54 Å². The first kappa shape index (κ1) is 8.55. The summed E-state index contributed by atoms with van der Waals surface area (Å²) in [5, 5.41) is 8.98. The van der Waals surface area contributed by atoms with Crippen molar-refractivity contribution in [2.45, 2.75) is 32.2 Å². The number of nitriles is 1. The highest BCUT2D eigenvalue weighted by Crippen LogP contribution is 2.42. The fraction of sp³-hybridized carbons (Fsp3) is 0.800. The Balaban J connectivity index is 1.99. The molecule has 1 aliphatic carbocycles. The standard InChI is InChI=1S/C10H14N2O/c1-7(13)12-5-4-10(12)9(6-11)8-2-3-8/h8-10H,2-5H2,1H3. The summed E-state index contributed by atoms with van der Waals surface area (Å²) in [5.41, 5.74) is 0. The number of rotatable bonds is 2. The molecule has 0 N–H and O–H groups in total. The molecule has 0 aromatic carbocycles. The zero-order valence-corrected chi connectivity index (χ0v) is 7.86. The lowest BCUT2D eigenvalue weighted by molar-refractivity contribution is -0.137. The largest absolute Gasteiger partial charge is 0.338 e. The zero-order valence-electron chi connectivity index (χ0n) is 7.86. The van der Waals surface area contributed by atoms with E-state index in [9.17, 15) is 4.79 Å². The third kappa shape index (κ3) is 1.41. The molecular formula is C10H14N2O. The Morgan fingerprint density at radius 3 is 2.54 bits per heavy atom. The molecule has 0 aromatic heterocycles. The number of amides is 1. The van der Waals surface area contributed by atoms with Gasteiger partial charge in [0.1, 0.15) is 0 Å². The molecule has 0 spiro atoms. The van der Waals surface area contributed by atoms with Crippen molar-refractivity contribution in [1.29, 1.82) is 5.26 Å². The van der Waals surface area contributed by atoms with Gasteiger partial charge in [0.15, 0.2) is 0 Å². The van der Waals surface area contributed by atoms with E-state index in [4.69, 9.17) is 5.26 Å². The van der Waals surface area contributed by atoms with Crippen LogP contribution in [0.15, 0.2) is 0 Å². The molecule has 2 rings (SSSR count). The summed E-state index contributed by atoms with van der Waals surface area (Å²) < 4.78 is 0. The van der Waals surface area contributed by atoms with Crippen molar-refractivity contribution in [3.05, 3.63) is 0 Å². The Kier molecular flexibility index (Phi) is 1.99. The van der Waals surface area contributed by atoms with Crippen LogP contribution in [0.5, 0.6) is 0 Å². The SMILES string of the molecule is CC(=O)N1CCC1C(C#N)C1CC1. The molecule has 1 aliphatic heterocycles. The van der Waals surface area contributed by atoms with Crippen LogP contribution in [0.25, 0.3) is 0 Å². The van der Waals surface area contributed by atoms with Crippen LogP contribution in [0.2, 0.25) is 0 Å². The Morgan fingerprint density at radius 1 is 1.54 bits per heavy atom. The van der Waals surface area contributed by atoms with Gasteiger partial charge in [-0.1, -0.05) is 0 Å². The number of likely N-dealkylation sites (tertiary alicyclic amines) is 1. The molecule has 2 unspecified atom stereocenters. The summed E-state index contributed by atoms with van der Waals surface area (Å²) in [6.45, 7) is 2.44. The van der Waals surface area contributed by atoms with Gasteiger partial charge in [-0.15, -0.1) is 0 Å². The molecule has 1 saturated carbocycles. The topological polar surface area (TPSA) is 44.1 Å². The first-order chi connectivity index (χ1) is 6.24. The highest BCUT2D eigenvalue weighted by atomic mass is 16.2. The van der Waals surface area contributed by atoms with Gasteiger partial charge < -0.3 is 4.90 Å². The van der Waals surface area contributed by atoms with Crippen molar-refractivity contribution in [2.24, 2.45) is 11.8 Å². The quantitative estimate of drug-likeness (QED) is 0.636. The van der Waals surface area contributed by atoms with Gasteiger partial charge in [0.05, 0.1) is 12.0 Å². The Bertz CT molecular complexity index is 265. The minimum absolute atomic E-state index is 0.109. The lowest BCUT2D eigenvalue weighted by Gasteiger charge is -2.43. The number of carbonyl (C=O) groups excluding carboxylic acids is 1. The molecule has 2 aliphatic rings. The van der Waals surface area contributed by atoms with Gasteiger partial charge in [0.25, 0.3) is 0 Å². The third-order valence-corrected chi connectivity index (χ3v) is 3.16. The molecule has 0 bridgehead atoms. The van der Waals surface area contributed by atoms with E-state index < -0.39 is 0 Å². The van der Waals surface area contributed by atoms with Crippen molar-refractivity contribution >= 4 is 5.91 Å². The molecular weight excluding hydrogens is 164 g/mol. The molecule has 3 heteroatoms. The highest BCUT2D eigenvalue weighted by Gasteiger charge is 2.43. The van der Waals surface area contributed by atoms with Crippen LogP contribution < -0.4 is 0 Å². The lowest BCUT2D eigenvalue weighted by Crippen LogP contribution is -2.54. The molecule has 13 heavy (non-hydrogen) atoms. The molecule has 2 atom stereocenters. The van der Waals surface area contributed by atoms with Crippen LogP contribution in [-0.2, 0) is 4.79 Å². The van der Waals surface area contributed by atoms with E-state index in [1.807, 2.05) is 4.90 Å². The van der Waals surface area contributed by atoms with Crippen LogP contribution in [-0.4, -0.2) is 23.4 Å². The maximum Gasteiger partial charge on any atom is 0.219 e. The van der Waals surface area contributed by atoms with E-state index in [0.29, 0.717) is 5.92 Å². The second-order valence-electron chi connectivity index (χ2n) is 4.06. The van der Waals surface area contributed by atoms with E-state index in [2.05, 4.69) is 6.07 Å². The monoisotopic (exact) mass is 178 g/mol. The average molecular weight is 178 g/mol. The van der Waals surface area contributed by atoms with Gasteiger partial charge in [-0.2, -0.15) is 5.26 Å². The second-order valence-corrected chi connectivity index (χ2v) is 4.06. The second kappa shape index (κ2) is 3.02. The molecule has 2 fully saturated rings. The molecule has 3 nitrogen and oxygen atoms in total. The van der Waals surface area contributed by atoms with Crippen LogP contribution in [0.4, 0.5) is 0 Å². The Hall–Kier alpha value is -1.04. The predicted molar refractivity (Wildman–Crippen MR) is 47.6 cm³/mol. The number of nitrogens with zero attached hydrogens (tertiary/aromatic N) is 2. The summed E-state index contributed by atoms with van der Waals surface area (Å²) in [5.74, 6) is 0.812. The van der Waals surface area contributed by atoms with Crippen LogP contribution in [0, 0.1) is 23.2 Å². The minimum Gasteiger partial charge on any atom is -0.338 e. The molecule has 0 radical (unpaired) electrons. The van der Waals surface area contributed by atoms with Crippen molar-refractivity contribution in [3.8, 4) is 6.07 Å². The summed E-state index contributed by atoms with van der Waals surface area (Å²) in [6.07, 6.45) is 3.38. The minimum atomic E-state index is 0.109. The lowest BCUT2D eigenvalue weighted by atomic mass is 9.86. The molecule has 1 amide bonds. The van der Waals surface area contributed by atoms with Gasteiger partial charge in [-0.05, 0) is 25.2 Å². The van der Waals surface area contributed by atoms with Gasteiger partial charge in [0.2, 0.25) is 5.91 Å². The molecule has 1 saturated heterocycles. The molecule has 0 aromatic rings. The molecule has 1 heterocycles. The van der Waals surface area contributed by atoms with E-state index in [1.54, 1.807) is 6.92 Å². The van der Waals surface area contributed by atoms with E-state index in [-0.39, 0.29) is 17.9 Å². The smallest absolute Gasteiger partial charge is 0.219 e. The third-order valence-electron chi connectivity index (χ3n) is 3.16. The van der Waals surface area contributed by atoms with Crippen LogP contribution in [0.1, 0.15) is 26.2 Å². The fourth-order valence-corrected chi connectivity index (χ4v) is 2.13. The predicted octanol–water partition coefficient (Wildman–Crippen LogP) is 1.16. The van der Waals surface area contributed by atoms with Gasteiger partial charge in [-0.25, -0.2) is 0 Å². The maximum atomic E-state index is 11.1. The van der Waals surface area contributed by atoms with Gasteiger partial charge >= 0.3 is 0 Å². The van der Waals surface area contributed by atoms with Crippen molar-refractivity contribution < 1.29 is 4.79 Å². The van der Waals surface area contributed by atoms with Crippen molar-refractivity contribution in [3.63, 3.8) is 0 Å². The average Bonchev–Trinajstić information content (AvgIpc) is 2.78. The van der Waals surface area contributed by atoms with Crippen molar-refractivity contribution in [1.82, 2.24) is 4.90 Å². The number of hydrogen-bond donors (Lipinski definition) is 0. The van der Waals surface area contributed by atoms with Crippen LogP contribution >= 0.6 is 0 Å². The summed E-state index contributed by atoms with van der Waals surface area (Å²) in [7, 11) is 0. The van der Waals surface area contributed by atoms with E-state index >= 15 is 0 Å². The van der Waals surface area contributed by atoms with E-state index in [1.165, 1.54) is 12.8 Å². The van der Waals surface area contributed by atoms with E-state index in [0.717, 1.165) is 13.0 Å². The fourth-order valence-electron chi connectivity index (χ4n) is 2.13. The summed E-state index contributed by atoms with van der Waals surface area (Å²) in [6, 6.07) is 2.59. The van der Waals surface area contributed by atoms with Crippen LogP contribution in [0.3, 0.4) is 0 Å². The highest BCUT2D eigenvalue weighted by molar-refractivity contribution is 5.74. The first-order valence-electron chi connectivity index (χ1n) is 4.91. The first-order valence-corrected chi connectivity index (χ1v) is 4.91. The summed E-state index contributed by atoms with van der Waals surface area (Å²) in [4.78, 5) is 13.0. The Morgan fingerprint density at radius 2 is 2.23 bits per heavy atom. The maximum absolute atomic E-state index is 11.1.